The molecule has 90 valence electrons. The molecule has 0 spiro atoms. The number of carboxylic acids is 1. The largest absolute Gasteiger partial charge is 0.480 e. The minimum atomic E-state index is -1.06. The number of aryl methyl sites for hydroxylation is 1. The topological polar surface area (TPSA) is 70.5 Å². The molecular weight excluding hydrogens is 220 g/mol. The van der Waals surface area contributed by atoms with Crippen molar-refractivity contribution in [2.45, 2.75) is 6.92 Å². The fraction of sp³-hybridized carbons (Fsp3) is 0.250. The zero-order valence-electron chi connectivity index (χ0n) is 9.59. The van der Waals surface area contributed by atoms with E-state index in [1.165, 1.54) is 17.2 Å². The van der Waals surface area contributed by atoms with E-state index in [0.29, 0.717) is 0 Å². The SMILES string of the molecule is C=CCN(CC(=O)O)C(=O)c1ncccc1C. The summed E-state index contributed by atoms with van der Waals surface area (Å²) in [6.45, 7) is 5.08. The number of amides is 1. The highest BCUT2D eigenvalue weighted by atomic mass is 16.4. The number of aromatic nitrogens is 1. The molecule has 0 atom stereocenters. The third-order valence-corrected chi connectivity index (χ3v) is 2.17. The molecule has 17 heavy (non-hydrogen) atoms. The molecule has 1 amide bonds. The third kappa shape index (κ3) is 3.41. The molecular formula is C12H14N2O3. The van der Waals surface area contributed by atoms with E-state index in [9.17, 15) is 9.59 Å². The number of carboxylic acid groups (broad SMARTS) is 1. The van der Waals surface area contributed by atoms with Crippen LogP contribution in [-0.4, -0.2) is 40.0 Å². The van der Waals surface area contributed by atoms with E-state index >= 15 is 0 Å². The highest BCUT2D eigenvalue weighted by Crippen LogP contribution is 2.07. The Balaban J connectivity index is 2.95. The first-order valence-corrected chi connectivity index (χ1v) is 5.10. The summed E-state index contributed by atoms with van der Waals surface area (Å²) >= 11 is 0. The van der Waals surface area contributed by atoms with E-state index in [0.717, 1.165) is 5.56 Å². The Kier molecular flexibility index (Phi) is 4.39. The van der Waals surface area contributed by atoms with Gasteiger partial charge in [-0.25, -0.2) is 0 Å². The van der Waals surface area contributed by atoms with Crippen molar-refractivity contribution in [1.29, 1.82) is 0 Å². The summed E-state index contributed by atoms with van der Waals surface area (Å²) < 4.78 is 0. The Morgan fingerprint density at radius 3 is 2.82 bits per heavy atom. The first kappa shape index (κ1) is 12.9. The van der Waals surface area contributed by atoms with Gasteiger partial charge in [0.15, 0.2) is 0 Å². The Morgan fingerprint density at radius 1 is 1.59 bits per heavy atom. The van der Waals surface area contributed by atoms with Gasteiger partial charge in [0, 0.05) is 12.7 Å². The highest BCUT2D eigenvalue weighted by Gasteiger charge is 2.19. The van der Waals surface area contributed by atoms with Gasteiger partial charge in [-0.15, -0.1) is 6.58 Å². The second kappa shape index (κ2) is 5.79. The summed E-state index contributed by atoms with van der Waals surface area (Å²) in [4.78, 5) is 27.9. The lowest BCUT2D eigenvalue weighted by Crippen LogP contribution is -2.36. The van der Waals surface area contributed by atoms with Crippen molar-refractivity contribution >= 4 is 11.9 Å². The van der Waals surface area contributed by atoms with E-state index < -0.39 is 11.9 Å². The van der Waals surface area contributed by atoms with Crippen LogP contribution in [0, 0.1) is 6.92 Å². The van der Waals surface area contributed by atoms with E-state index in [2.05, 4.69) is 11.6 Å². The monoisotopic (exact) mass is 234 g/mol. The maximum atomic E-state index is 12.0. The minimum absolute atomic E-state index is 0.182. The molecule has 1 N–H and O–H groups in total. The molecule has 0 saturated heterocycles. The van der Waals surface area contributed by atoms with E-state index in [4.69, 9.17) is 5.11 Å². The molecule has 0 aliphatic carbocycles. The van der Waals surface area contributed by atoms with Gasteiger partial charge >= 0.3 is 5.97 Å². The number of carbonyl (C=O) groups is 2. The lowest BCUT2D eigenvalue weighted by Gasteiger charge is -2.19. The van der Waals surface area contributed by atoms with Crippen LogP contribution in [-0.2, 0) is 4.79 Å². The van der Waals surface area contributed by atoms with Crippen molar-refractivity contribution in [2.75, 3.05) is 13.1 Å². The molecule has 0 aliphatic heterocycles. The average Bonchev–Trinajstić information content (AvgIpc) is 2.28. The van der Waals surface area contributed by atoms with Gasteiger partial charge in [-0.05, 0) is 18.6 Å². The van der Waals surface area contributed by atoms with Crippen molar-refractivity contribution in [3.8, 4) is 0 Å². The Bertz CT molecular complexity index is 443. The smallest absolute Gasteiger partial charge is 0.323 e. The predicted octanol–water partition coefficient (Wildman–Crippen LogP) is 1.10. The Hall–Kier alpha value is -2.17. The lowest BCUT2D eigenvalue weighted by atomic mass is 10.2. The third-order valence-electron chi connectivity index (χ3n) is 2.17. The number of pyridine rings is 1. The summed E-state index contributed by atoms with van der Waals surface area (Å²) in [5, 5.41) is 8.73. The van der Waals surface area contributed by atoms with Crippen molar-refractivity contribution in [3.05, 3.63) is 42.2 Å². The molecule has 0 bridgehead atoms. The summed E-state index contributed by atoms with van der Waals surface area (Å²) in [6.07, 6.45) is 2.99. The quantitative estimate of drug-likeness (QED) is 0.774. The molecule has 1 aromatic rings. The van der Waals surface area contributed by atoms with Crippen LogP contribution >= 0.6 is 0 Å². The Labute approximate surface area is 99.4 Å². The number of hydrogen-bond donors (Lipinski definition) is 1. The van der Waals surface area contributed by atoms with Gasteiger partial charge in [0.1, 0.15) is 12.2 Å². The second-order valence-electron chi connectivity index (χ2n) is 3.54. The summed E-state index contributed by atoms with van der Waals surface area (Å²) in [5.41, 5.74) is 0.993. The predicted molar refractivity (Wildman–Crippen MR) is 62.7 cm³/mol. The fourth-order valence-electron chi connectivity index (χ4n) is 1.40. The van der Waals surface area contributed by atoms with Gasteiger partial charge in [-0.1, -0.05) is 12.1 Å². The van der Waals surface area contributed by atoms with Crippen molar-refractivity contribution < 1.29 is 14.7 Å². The van der Waals surface area contributed by atoms with Crippen LogP contribution in [0.25, 0.3) is 0 Å². The van der Waals surface area contributed by atoms with Crippen LogP contribution in [0.5, 0.6) is 0 Å². The second-order valence-corrected chi connectivity index (χ2v) is 3.54. The maximum Gasteiger partial charge on any atom is 0.323 e. The van der Waals surface area contributed by atoms with E-state index in [1.54, 1.807) is 19.1 Å². The van der Waals surface area contributed by atoms with Gasteiger partial charge in [-0.3, -0.25) is 14.6 Å². The van der Waals surface area contributed by atoms with Crippen molar-refractivity contribution in [2.24, 2.45) is 0 Å². The van der Waals surface area contributed by atoms with Gasteiger partial charge in [0.2, 0.25) is 0 Å². The molecule has 5 heteroatoms. The zero-order chi connectivity index (χ0) is 12.8. The van der Waals surface area contributed by atoms with Crippen LogP contribution in [0.3, 0.4) is 0 Å². The van der Waals surface area contributed by atoms with E-state index in [1.807, 2.05) is 0 Å². The highest BCUT2D eigenvalue weighted by molar-refractivity contribution is 5.95. The molecule has 1 rings (SSSR count). The first-order chi connectivity index (χ1) is 8.06. The molecule has 1 heterocycles. The molecule has 0 fully saturated rings. The van der Waals surface area contributed by atoms with E-state index in [-0.39, 0.29) is 18.8 Å². The molecule has 5 nitrogen and oxygen atoms in total. The maximum absolute atomic E-state index is 12.0. The fourth-order valence-corrected chi connectivity index (χ4v) is 1.40. The molecule has 0 radical (unpaired) electrons. The Morgan fingerprint density at radius 2 is 2.29 bits per heavy atom. The molecule has 0 aromatic carbocycles. The molecule has 1 aromatic heterocycles. The number of aliphatic carboxylic acids is 1. The van der Waals surface area contributed by atoms with Gasteiger partial charge in [0.05, 0.1) is 0 Å². The molecule has 0 aliphatic rings. The van der Waals surface area contributed by atoms with Crippen molar-refractivity contribution in [1.82, 2.24) is 9.88 Å². The lowest BCUT2D eigenvalue weighted by molar-refractivity contribution is -0.137. The molecule has 0 saturated carbocycles. The van der Waals surface area contributed by atoms with Gasteiger partial charge in [0.25, 0.3) is 5.91 Å². The van der Waals surface area contributed by atoms with Crippen LogP contribution < -0.4 is 0 Å². The minimum Gasteiger partial charge on any atom is -0.480 e. The standard InChI is InChI=1S/C12H14N2O3/c1-3-7-14(8-10(15)16)12(17)11-9(2)5-4-6-13-11/h3-6H,1,7-8H2,2H3,(H,15,16). The number of carbonyl (C=O) groups excluding carboxylic acids is 1. The van der Waals surface area contributed by atoms with Crippen LogP contribution in [0.2, 0.25) is 0 Å². The first-order valence-electron chi connectivity index (χ1n) is 5.10. The average molecular weight is 234 g/mol. The number of rotatable bonds is 5. The van der Waals surface area contributed by atoms with Gasteiger partial charge in [-0.2, -0.15) is 0 Å². The summed E-state index contributed by atoms with van der Waals surface area (Å²) in [7, 11) is 0. The zero-order valence-corrected chi connectivity index (χ0v) is 9.59. The van der Waals surface area contributed by atoms with Crippen LogP contribution in [0.15, 0.2) is 31.0 Å². The molecule has 0 unspecified atom stereocenters. The number of hydrogen-bond acceptors (Lipinski definition) is 3. The summed E-state index contributed by atoms with van der Waals surface area (Å²) in [6, 6.07) is 3.48. The van der Waals surface area contributed by atoms with Crippen LogP contribution in [0.1, 0.15) is 16.1 Å². The number of nitrogens with zero attached hydrogens (tertiary/aromatic N) is 2. The normalized spacial score (nSPS) is 9.71. The summed E-state index contributed by atoms with van der Waals surface area (Å²) in [5.74, 6) is -1.46. The van der Waals surface area contributed by atoms with Crippen molar-refractivity contribution in [3.63, 3.8) is 0 Å². The van der Waals surface area contributed by atoms with Crippen LogP contribution in [0.4, 0.5) is 0 Å². The van der Waals surface area contributed by atoms with Gasteiger partial charge < -0.3 is 10.0 Å².